The van der Waals surface area contributed by atoms with Gasteiger partial charge in [-0.1, -0.05) is 36.4 Å². The minimum absolute atomic E-state index is 0.0749. The molecule has 0 unspecified atom stereocenters. The molecule has 2 aromatic carbocycles. The maximum atomic E-state index is 12.9. The van der Waals surface area contributed by atoms with Crippen molar-refractivity contribution >= 4 is 23.9 Å². The van der Waals surface area contributed by atoms with Gasteiger partial charge in [-0.05, 0) is 78.9 Å². The average molecular weight is 463 g/mol. The van der Waals surface area contributed by atoms with Crippen molar-refractivity contribution in [3.8, 4) is 5.75 Å². The van der Waals surface area contributed by atoms with Gasteiger partial charge in [0.1, 0.15) is 11.5 Å². The number of allylic oxidation sites excluding steroid dienone is 4. The third-order valence-corrected chi connectivity index (χ3v) is 5.05. The quantitative estimate of drug-likeness (QED) is 0.223. The van der Waals surface area contributed by atoms with Crippen LogP contribution in [0.5, 0.6) is 5.75 Å². The number of rotatable bonds is 10. The van der Waals surface area contributed by atoms with Crippen LogP contribution in [-0.4, -0.2) is 35.7 Å². The number of ketones is 1. The second kappa shape index (κ2) is 13.0. The normalized spacial score (nSPS) is 12.4. The topological polar surface area (TPSA) is 93.1 Å². The summed E-state index contributed by atoms with van der Waals surface area (Å²) in [5, 5.41) is 20.1. The number of ether oxygens (including phenoxy) is 2. The minimum Gasteiger partial charge on any atom is -0.507 e. The molecule has 2 rings (SSSR count). The van der Waals surface area contributed by atoms with Crippen molar-refractivity contribution in [2.45, 2.75) is 27.4 Å². The van der Waals surface area contributed by atoms with Gasteiger partial charge in [0.05, 0.1) is 25.9 Å². The molecule has 0 aromatic heterocycles. The van der Waals surface area contributed by atoms with Crippen LogP contribution < -0.4 is 4.74 Å². The van der Waals surface area contributed by atoms with E-state index in [-0.39, 0.29) is 24.5 Å². The summed E-state index contributed by atoms with van der Waals surface area (Å²) in [5.74, 6) is -0.744. The lowest BCUT2D eigenvalue weighted by Gasteiger charge is -2.05. The monoisotopic (exact) mass is 462 g/mol. The molecule has 6 nitrogen and oxygen atoms in total. The standard InChI is InChI=1S/C28H30O6/c1-5-34-28(32)15-12-24(25(30)13-10-21-8-6-19(2)23(16-21)18-29)26(31)14-11-22-9-7-20(3)27(17-22)33-4/h6-17,29-30H,5,18H2,1-4H3/b13-10+,14-11+,15-12+,25-24-. The van der Waals surface area contributed by atoms with Gasteiger partial charge in [-0.15, -0.1) is 0 Å². The number of hydrogen-bond acceptors (Lipinski definition) is 6. The SMILES string of the molecule is CCOC(=O)/C=C/C(C(=O)/C=C/c1ccc(C)c(OC)c1)=C(O)\C=C\c1ccc(C)c(CO)c1. The summed E-state index contributed by atoms with van der Waals surface area (Å²) >= 11 is 0. The zero-order valence-electron chi connectivity index (χ0n) is 19.9. The summed E-state index contributed by atoms with van der Waals surface area (Å²) in [7, 11) is 1.57. The number of aryl methyl sites for hydroxylation is 2. The van der Waals surface area contributed by atoms with Gasteiger partial charge < -0.3 is 19.7 Å². The molecule has 0 aliphatic carbocycles. The van der Waals surface area contributed by atoms with E-state index in [1.54, 1.807) is 38.3 Å². The average Bonchev–Trinajstić information content (AvgIpc) is 2.83. The summed E-state index contributed by atoms with van der Waals surface area (Å²) in [6, 6.07) is 11.0. The number of aliphatic hydroxyl groups is 2. The summed E-state index contributed by atoms with van der Waals surface area (Å²) < 4.78 is 10.2. The molecular weight excluding hydrogens is 432 g/mol. The van der Waals surface area contributed by atoms with Crippen molar-refractivity contribution in [1.82, 2.24) is 0 Å². The highest BCUT2D eigenvalue weighted by Gasteiger charge is 2.10. The van der Waals surface area contributed by atoms with Crippen LogP contribution in [0.4, 0.5) is 0 Å². The third kappa shape index (κ3) is 7.60. The largest absolute Gasteiger partial charge is 0.507 e. The van der Waals surface area contributed by atoms with Gasteiger partial charge >= 0.3 is 5.97 Å². The first-order valence-corrected chi connectivity index (χ1v) is 10.8. The molecule has 0 fully saturated rings. The first-order valence-electron chi connectivity index (χ1n) is 10.8. The number of esters is 1. The molecule has 34 heavy (non-hydrogen) atoms. The maximum absolute atomic E-state index is 12.9. The van der Waals surface area contributed by atoms with Gasteiger partial charge in [0, 0.05) is 6.08 Å². The summed E-state index contributed by atoms with van der Waals surface area (Å²) in [6.07, 6.45) is 8.24. The van der Waals surface area contributed by atoms with Crippen LogP contribution >= 0.6 is 0 Å². The van der Waals surface area contributed by atoms with Crippen molar-refractivity contribution in [3.63, 3.8) is 0 Å². The number of carbonyl (C=O) groups excluding carboxylic acids is 2. The molecule has 0 atom stereocenters. The molecule has 0 bridgehead atoms. The van der Waals surface area contributed by atoms with Crippen molar-refractivity contribution < 1.29 is 29.3 Å². The van der Waals surface area contributed by atoms with Gasteiger partial charge in [0.2, 0.25) is 0 Å². The van der Waals surface area contributed by atoms with Crippen molar-refractivity contribution in [2.75, 3.05) is 13.7 Å². The van der Waals surface area contributed by atoms with Gasteiger partial charge in [-0.2, -0.15) is 0 Å². The number of carbonyl (C=O) groups is 2. The minimum atomic E-state index is -0.622. The van der Waals surface area contributed by atoms with Crippen LogP contribution in [0, 0.1) is 13.8 Å². The Bertz CT molecular complexity index is 1150. The van der Waals surface area contributed by atoms with E-state index in [4.69, 9.17) is 9.47 Å². The molecular formula is C28H30O6. The highest BCUT2D eigenvalue weighted by molar-refractivity contribution is 6.09. The Balaban J connectivity index is 2.38. The Hall–Kier alpha value is -3.90. The lowest BCUT2D eigenvalue weighted by atomic mass is 10.0. The van der Waals surface area contributed by atoms with Crippen LogP contribution in [0.3, 0.4) is 0 Å². The van der Waals surface area contributed by atoms with E-state index in [0.29, 0.717) is 5.75 Å². The molecule has 0 saturated carbocycles. The Morgan fingerprint density at radius 3 is 2.21 bits per heavy atom. The molecule has 0 aliphatic heterocycles. The van der Waals surface area contributed by atoms with E-state index in [2.05, 4.69) is 0 Å². The predicted molar refractivity (Wildman–Crippen MR) is 133 cm³/mol. The summed E-state index contributed by atoms with van der Waals surface area (Å²) in [6.45, 7) is 5.58. The zero-order chi connectivity index (χ0) is 25.1. The molecule has 0 heterocycles. The zero-order valence-corrected chi connectivity index (χ0v) is 19.9. The van der Waals surface area contributed by atoms with Gasteiger partial charge in [0.15, 0.2) is 5.78 Å². The van der Waals surface area contributed by atoms with E-state index < -0.39 is 11.8 Å². The van der Waals surface area contributed by atoms with Crippen molar-refractivity contribution in [2.24, 2.45) is 0 Å². The molecule has 0 spiro atoms. The van der Waals surface area contributed by atoms with Crippen molar-refractivity contribution in [3.05, 3.63) is 99.9 Å². The lowest BCUT2D eigenvalue weighted by molar-refractivity contribution is -0.137. The smallest absolute Gasteiger partial charge is 0.330 e. The molecule has 6 heteroatoms. The highest BCUT2D eigenvalue weighted by atomic mass is 16.5. The first-order chi connectivity index (χ1) is 16.3. The second-order valence-corrected chi connectivity index (χ2v) is 7.49. The first kappa shape index (κ1) is 26.4. The third-order valence-electron chi connectivity index (χ3n) is 5.05. The Morgan fingerprint density at radius 2 is 1.56 bits per heavy atom. The molecule has 0 amide bonds. The van der Waals surface area contributed by atoms with Gasteiger partial charge in [-0.25, -0.2) is 4.79 Å². The molecule has 0 radical (unpaired) electrons. The Labute approximate surface area is 200 Å². The molecule has 178 valence electrons. The van der Waals surface area contributed by atoms with Crippen LogP contribution in [0.1, 0.15) is 34.7 Å². The van der Waals surface area contributed by atoms with Crippen LogP contribution in [0.25, 0.3) is 12.2 Å². The van der Waals surface area contributed by atoms with Crippen molar-refractivity contribution in [1.29, 1.82) is 0 Å². The predicted octanol–water partition coefficient (Wildman–Crippen LogP) is 5.03. The second-order valence-electron chi connectivity index (χ2n) is 7.49. The van der Waals surface area contributed by atoms with E-state index in [9.17, 15) is 19.8 Å². The lowest BCUT2D eigenvalue weighted by Crippen LogP contribution is -2.03. The fourth-order valence-corrected chi connectivity index (χ4v) is 3.07. The maximum Gasteiger partial charge on any atom is 0.330 e. The van der Waals surface area contributed by atoms with E-state index in [1.165, 1.54) is 18.2 Å². The highest BCUT2D eigenvalue weighted by Crippen LogP contribution is 2.20. The number of methoxy groups -OCH3 is 1. The number of aliphatic hydroxyl groups excluding tert-OH is 2. The Kier molecular flexibility index (Phi) is 10.0. The van der Waals surface area contributed by atoms with Crippen LogP contribution in [0.15, 0.2) is 72.0 Å². The summed E-state index contributed by atoms with van der Waals surface area (Å²) in [4.78, 5) is 24.7. The Morgan fingerprint density at radius 1 is 0.912 bits per heavy atom. The van der Waals surface area contributed by atoms with E-state index in [0.717, 1.165) is 33.9 Å². The fraction of sp³-hybridized carbons (Fsp3) is 0.214. The summed E-state index contributed by atoms with van der Waals surface area (Å²) in [5.41, 5.74) is 4.09. The fourth-order valence-electron chi connectivity index (χ4n) is 3.07. The van der Waals surface area contributed by atoms with Crippen LogP contribution in [-0.2, 0) is 20.9 Å². The van der Waals surface area contributed by atoms with Gasteiger partial charge in [-0.3, -0.25) is 4.79 Å². The van der Waals surface area contributed by atoms with Crippen LogP contribution in [0.2, 0.25) is 0 Å². The molecule has 0 aliphatic rings. The number of benzene rings is 2. The molecule has 0 saturated heterocycles. The van der Waals surface area contributed by atoms with Gasteiger partial charge in [0.25, 0.3) is 0 Å². The molecule has 2 aromatic rings. The van der Waals surface area contributed by atoms with E-state index >= 15 is 0 Å². The molecule has 2 N–H and O–H groups in total. The van der Waals surface area contributed by atoms with E-state index in [1.807, 2.05) is 38.1 Å². The number of hydrogen-bond donors (Lipinski definition) is 2.